The van der Waals surface area contributed by atoms with Crippen LogP contribution in [0.2, 0.25) is 0 Å². The summed E-state index contributed by atoms with van der Waals surface area (Å²) in [5.41, 5.74) is 2.85. The van der Waals surface area contributed by atoms with Crippen molar-refractivity contribution in [3.63, 3.8) is 0 Å². The predicted octanol–water partition coefficient (Wildman–Crippen LogP) is 3.36. The normalized spacial score (nSPS) is 11.9. The molecular formula is C18H17N3O2S. The van der Waals surface area contributed by atoms with Crippen LogP contribution in [0, 0.1) is 0 Å². The molecule has 6 heteroatoms. The summed E-state index contributed by atoms with van der Waals surface area (Å²) < 4.78 is 25.5. The summed E-state index contributed by atoms with van der Waals surface area (Å²) in [5.74, 6) is 0. The maximum Gasteiger partial charge on any atom is 0.238 e. The lowest BCUT2D eigenvalue weighted by molar-refractivity contribution is 0.598. The number of hydrogen-bond acceptors (Lipinski definition) is 3. The van der Waals surface area contributed by atoms with Gasteiger partial charge in [-0.1, -0.05) is 54.6 Å². The average molecular weight is 339 g/mol. The van der Waals surface area contributed by atoms with E-state index >= 15 is 0 Å². The minimum Gasteiger partial charge on any atom is -0.247 e. The first-order valence-corrected chi connectivity index (χ1v) is 8.95. The van der Waals surface area contributed by atoms with E-state index in [9.17, 15) is 8.42 Å². The second-order valence-electron chi connectivity index (χ2n) is 5.26. The van der Waals surface area contributed by atoms with E-state index < -0.39 is 10.0 Å². The molecule has 5 nitrogen and oxygen atoms in total. The highest BCUT2D eigenvalue weighted by Gasteiger charge is 2.20. The van der Waals surface area contributed by atoms with Crippen LogP contribution in [-0.4, -0.2) is 18.2 Å². The molecule has 3 aromatic rings. The molecule has 1 aromatic heterocycles. The van der Waals surface area contributed by atoms with Gasteiger partial charge in [0.15, 0.2) is 0 Å². The summed E-state index contributed by atoms with van der Waals surface area (Å²) in [6.07, 6.45) is 5.53. The standard InChI is InChI=1S/C18H17N3O2S/c1-2-12-21-13-16(14-8-4-3-5-9-14)18(20-21)15-10-6-7-11-17(15)24(19,22)23/h2-13H,1H3,(H2,19,22,23). The van der Waals surface area contributed by atoms with Crippen molar-refractivity contribution in [2.75, 3.05) is 0 Å². The predicted molar refractivity (Wildman–Crippen MR) is 95.5 cm³/mol. The molecule has 3 rings (SSSR count). The Morgan fingerprint density at radius 3 is 2.33 bits per heavy atom. The fraction of sp³-hybridized carbons (Fsp3) is 0.0556. The number of hydrogen-bond donors (Lipinski definition) is 1. The first kappa shape index (κ1) is 16.2. The van der Waals surface area contributed by atoms with Crippen LogP contribution in [0.15, 0.2) is 71.8 Å². The van der Waals surface area contributed by atoms with Gasteiger partial charge in [-0.15, -0.1) is 0 Å². The first-order valence-electron chi connectivity index (χ1n) is 7.40. The zero-order valence-electron chi connectivity index (χ0n) is 13.1. The highest BCUT2D eigenvalue weighted by atomic mass is 32.2. The van der Waals surface area contributed by atoms with E-state index in [1.807, 2.05) is 49.5 Å². The van der Waals surface area contributed by atoms with Gasteiger partial charge in [0.25, 0.3) is 0 Å². The van der Waals surface area contributed by atoms with Crippen molar-refractivity contribution in [1.29, 1.82) is 0 Å². The zero-order valence-corrected chi connectivity index (χ0v) is 13.9. The Balaban J connectivity index is 2.30. The van der Waals surface area contributed by atoms with Gasteiger partial charge >= 0.3 is 0 Å². The maximum absolute atomic E-state index is 11.9. The summed E-state index contributed by atoms with van der Waals surface area (Å²) in [4.78, 5) is 0.0629. The fourth-order valence-corrected chi connectivity index (χ4v) is 3.30. The second-order valence-corrected chi connectivity index (χ2v) is 6.79. The number of rotatable bonds is 4. The molecule has 0 fully saturated rings. The Morgan fingerprint density at radius 2 is 1.67 bits per heavy atom. The summed E-state index contributed by atoms with van der Waals surface area (Å²) >= 11 is 0. The first-order chi connectivity index (χ1) is 11.5. The third-order valence-electron chi connectivity index (χ3n) is 3.57. The molecule has 2 aromatic carbocycles. The van der Waals surface area contributed by atoms with Crippen molar-refractivity contribution in [1.82, 2.24) is 9.78 Å². The number of aromatic nitrogens is 2. The molecule has 0 saturated carbocycles. The van der Waals surface area contributed by atoms with Crippen LogP contribution in [-0.2, 0) is 10.0 Å². The minimum absolute atomic E-state index is 0.0629. The Bertz CT molecular complexity index is 990. The molecule has 0 saturated heterocycles. The molecule has 2 N–H and O–H groups in total. The lowest BCUT2D eigenvalue weighted by Crippen LogP contribution is -2.13. The van der Waals surface area contributed by atoms with Crippen molar-refractivity contribution in [3.8, 4) is 22.4 Å². The number of allylic oxidation sites excluding steroid dienone is 1. The SMILES string of the molecule is CC=Cn1cc(-c2ccccc2)c(-c2ccccc2S(N)(=O)=O)n1. The summed E-state index contributed by atoms with van der Waals surface area (Å²) in [6, 6.07) is 16.3. The third kappa shape index (κ3) is 3.15. The van der Waals surface area contributed by atoms with Gasteiger partial charge in [-0.2, -0.15) is 5.10 Å². The van der Waals surface area contributed by atoms with Gasteiger partial charge in [0.1, 0.15) is 5.69 Å². The minimum atomic E-state index is -3.85. The molecule has 0 spiro atoms. The Labute approximate surface area is 141 Å². The van der Waals surface area contributed by atoms with Crippen LogP contribution in [0.5, 0.6) is 0 Å². The van der Waals surface area contributed by atoms with E-state index in [0.29, 0.717) is 11.3 Å². The van der Waals surface area contributed by atoms with E-state index in [-0.39, 0.29) is 4.90 Å². The smallest absolute Gasteiger partial charge is 0.238 e. The van der Waals surface area contributed by atoms with Crippen LogP contribution in [0.25, 0.3) is 28.6 Å². The Hall–Kier alpha value is -2.70. The molecule has 1 heterocycles. The largest absolute Gasteiger partial charge is 0.247 e. The zero-order chi connectivity index (χ0) is 17.2. The molecular weight excluding hydrogens is 322 g/mol. The molecule has 122 valence electrons. The van der Waals surface area contributed by atoms with Crippen LogP contribution in [0.1, 0.15) is 6.92 Å². The maximum atomic E-state index is 11.9. The molecule has 0 radical (unpaired) electrons. The van der Waals surface area contributed by atoms with Crippen LogP contribution in [0.3, 0.4) is 0 Å². The van der Waals surface area contributed by atoms with Crippen LogP contribution >= 0.6 is 0 Å². The number of nitrogens with two attached hydrogens (primary N) is 1. The van der Waals surface area contributed by atoms with Crippen LogP contribution < -0.4 is 5.14 Å². The number of nitrogens with zero attached hydrogens (tertiary/aromatic N) is 2. The van der Waals surface area contributed by atoms with Gasteiger partial charge in [0.05, 0.1) is 4.90 Å². The molecule has 24 heavy (non-hydrogen) atoms. The van der Waals surface area contributed by atoms with E-state index in [4.69, 9.17) is 5.14 Å². The van der Waals surface area contributed by atoms with E-state index in [0.717, 1.165) is 11.1 Å². The van der Waals surface area contributed by atoms with Crippen LogP contribution in [0.4, 0.5) is 0 Å². The lowest BCUT2D eigenvalue weighted by atomic mass is 10.0. The van der Waals surface area contributed by atoms with Crippen molar-refractivity contribution in [2.45, 2.75) is 11.8 Å². The van der Waals surface area contributed by atoms with E-state index in [2.05, 4.69) is 5.10 Å². The number of sulfonamides is 1. The highest BCUT2D eigenvalue weighted by molar-refractivity contribution is 7.89. The fourth-order valence-electron chi connectivity index (χ4n) is 2.56. The summed E-state index contributed by atoms with van der Waals surface area (Å²) in [7, 11) is -3.85. The molecule has 0 bridgehead atoms. The van der Waals surface area contributed by atoms with Gasteiger partial charge in [0.2, 0.25) is 10.0 Å². The van der Waals surface area contributed by atoms with Gasteiger partial charge in [0, 0.05) is 23.5 Å². The molecule has 0 amide bonds. The number of primary sulfonamides is 1. The second kappa shape index (κ2) is 6.43. The van der Waals surface area contributed by atoms with Crippen molar-refractivity contribution in [3.05, 3.63) is 66.9 Å². The molecule has 0 aliphatic rings. The average Bonchev–Trinajstić information content (AvgIpc) is 2.99. The topological polar surface area (TPSA) is 78.0 Å². The molecule has 0 atom stereocenters. The lowest BCUT2D eigenvalue weighted by Gasteiger charge is -2.07. The van der Waals surface area contributed by atoms with Crippen molar-refractivity contribution in [2.24, 2.45) is 5.14 Å². The Kier molecular flexibility index (Phi) is 4.33. The van der Waals surface area contributed by atoms with Gasteiger partial charge < -0.3 is 0 Å². The number of benzene rings is 2. The molecule has 0 unspecified atom stereocenters. The van der Waals surface area contributed by atoms with Gasteiger partial charge in [-0.3, -0.25) is 0 Å². The monoisotopic (exact) mass is 339 g/mol. The van der Waals surface area contributed by atoms with E-state index in [1.54, 1.807) is 29.1 Å². The van der Waals surface area contributed by atoms with Gasteiger partial charge in [-0.05, 0) is 18.6 Å². The molecule has 0 aliphatic carbocycles. The van der Waals surface area contributed by atoms with Crippen molar-refractivity contribution < 1.29 is 8.42 Å². The Morgan fingerprint density at radius 1 is 1.00 bits per heavy atom. The highest BCUT2D eigenvalue weighted by Crippen LogP contribution is 2.34. The van der Waals surface area contributed by atoms with Crippen molar-refractivity contribution >= 4 is 16.2 Å². The summed E-state index contributed by atoms with van der Waals surface area (Å²) in [5, 5.41) is 9.90. The summed E-state index contributed by atoms with van der Waals surface area (Å²) in [6.45, 7) is 1.89. The van der Waals surface area contributed by atoms with E-state index in [1.165, 1.54) is 6.07 Å². The quantitative estimate of drug-likeness (QED) is 0.792. The molecule has 0 aliphatic heterocycles. The third-order valence-corrected chi connectivity index (χ3v) is 4.54. The van der Waals surface area contributed by atoms with Gasteiger partial charge in [-0.25, -0.2) is 18.2 Å².